The zero-order valence-corrected chi connectivity index (χ0v) is 12.6. The largest absolute Gasteiger partial charge is 4.00 e. The van der Waals surface area contributed by atoms with Crippen LogP contribution in [0.25, 0.3) is 0 Å². The Morgan fingerprint density at radius 1 is 0.250 bits per heavy atom. The van der Waals surface area contributed by atoms with Crippen LogP contribution in [0.15, 0.2) is 0 Å². The van der Waals surface area contributed by atoms with Gasteiger partial charge in [-0.05, 0) is 0 Å². The van der Waals surface area contributed by atoms with Gasteiger partial charge in [0.1, 0.15) is 0 Å². The summed E-state index contributed by atoms with van der Waals surface area (Å²) in [7, 11) is 0. The Balaban J connectivity index is 0. The van der Waals surface area contributed by atoms with Crippen LogP contribution in [0.1, 0.15) is 0 Å². The zero-order valence-electron chi connectivity index (χ0n) is 5.51. The fourth-order valence-corrected chi connectivity index (χ4v) is 0. The second kappa shape index (κ2) is 405. The van der Waals surface area contributed by atoms with Gasteiger partial charge in [0.05, 0.1) is 0 Å². The van der Waals surface area contributed by atoms with Crippen molar-refractivity contribution in [2.24, 2.45) is 0 Å². The summed E-state index contributed by atoms with van der Waals surface area (Å²) in [5.41, 5.74) is 0. The molecule has 12 heavy (non-hydrogen) atoms. The average Bonchev–Trinajstić information content (AvgIpc) is 0. The van der Waals surface area contributed by atoms with Crippen LogP contribution in [0.4, 0.5) is 0 Å². The second-order valence-electron chi connectivity index (χ2n) is 0. The SMILES string of the molecule is O.O.O.O.O.O.O.[Cl-].[Cl-].[Cl-].[Cl-].[Th+4]. The third-order valence-electron chi connectivity index (χ3n) is 0. The summed E-state index contributed by atoms with van der Waals surface area (Å²) >= 11 is 0. The molecule has 0 saturated heterocycles. The van der Waals surface area contributed by atoms with Crippen LogP contribution in [0.2, 0.25) is 0 Å². The average molecular weight is 500 g/mol. The fourth-order valence-electron chi connectivity index (χ4n) is 0. The molecule has 12 heteroatoms. The van der Waals surface area contributed by atoms with Gasteiger partial charge in [-0.25, -0.2) is 0 Å². The molecule has 0 aliphatic carbocycles. The molecule has 0 fully saturated rings. The maximum Gasteiger partial charge on any atom is 4.00 e. The van der Waals surface area contributed by atoms with Crippen molar-refractivity contribution >= 4 is 0 Å². The molecule has 7 nitrogen and oxygen atoms in total. The molecular formula is H14Cl4O7Th. The van der Waals surface area contributed by atoms with Gasteiger partial charge in [-0.3, -0.25) is 0 Å². The summed E-state index contributed by atoms with van der Waals surface area (Å²) in [6.07, 6.45) is 0. The number of hydrogen-bond acceptors (Lipinski definition) is 0. The van der Waals surface area contributed by atoms with Crippen molar-refractivity contribution in [2.75, 3.05) is 0 Å². The molecule has 88 valence electrons. The van der Waals surface area contributed by atoms with E-state index < -0.39 is 0 Å². The van der Waals surface area contributed by atoms with Gasteiger partial charge in [-0.2, -0.15) is 0 Å². The van der Waals surface area contributed by atoms with Crippen molar-refractivity contribution < 1.29 is 128 Å². The standard InChI is InChI=1S/4ClH.7H2O.Th/h4*1H;7*1H2;/q;;;;;;;;;;;+4/p-4. The minimum atomic E-state index is 0. The van der Waals surface area contributed by atoms with Crippen LogP contribution < -0.4 is 49.6 Å². The smallest absolute Gasteiger partial charge is 1.00 e. The maximum absolute atomic E-state index is 0. The van der Waals surface area contributed by atoms with Crippen molar-refractivity contribution in [3.8, 4) is 0 Å². The molecule has 0 amide bonds. The summed E-state index contributed by atoms with van der Waals surface area (Å²) in [6, 6.07) is 0. The van der Waals surface area contributed by atoms with E-state index in [-0.39, 0.29) is 128 Å². The van der Waals surface area contributed by atoms with Crippen LogP contribution in [-0.4, -0.2) is 38.3 Å². The van der Waals surface area contributed by atoms with Crippen molar-refractivity contribution in [3.63, 3.8) is 0 Å². The molecule has 0 radical (unpaired) electrons. The predicted molar refractivity (Wildman–Crippen MR) is 25.3 cm³/mol. The van der Waals surface area contributed by atoms with E-state index in [1.54, 1.807) is 0 Å². The molecule has 0 heterocycles. The van der Waals surface area contributed by atoms with Crippen LogP contribution in [-0.2, 0) is 0 Å². The summed E-state index contributed by atoms with van der Waals surface area (Å²) in [5.74, 6) is 0. The summed E-state index contributed by atoms with van der Waals surface area (Å²) in [6.45, 7) is 0. The van der Waals surface area contributed by atoms with Gasteiger partial charge in [0.25, 0.3) is 0 Å². The molecule has 0 atom stereocenters. The molecular weight excluding hydrogens is 486 g/mol. The van der Waals surface area contributed by atoms with Gasteiger partial charge in [0.15, 0.2) is 0 Å². The van der Waals surface area contributed by atoms with E-state index in [1.807, 2.05) is 0 Å². The van der Waals surface area contributed by atoms with E-state index in [1.165, 1.54) is 0 Å². The Morgan fingerprint density at radius 3 is 0.250 bits per heavy atom. The monoisotopic (exact) mass is 498 g/mol. The fraction of sp³-hybridized carbons (Fsp3) is 0. The molecule has 0 aromatic heterocycles. The van der Waals surface area contributed by atoms with Crippen LogP contribution in [0.5, 0.6) is 0 Å². The van der Waals surface area contributed by atoms with Gasteiger partial charge in [-0.1, -0.05) is 0 Å². The van der Waals surface area contributed by atoms with Crippen LogP contribution in [0, 0.1) is 39.9 Å². The van der Waals surface area contributed by atoms with E-state index in [0.717, 1.165) is 0 Å². The molecule has 0 aliphatic rings. The Hall–Kier alpha value is 2.20. The van der Waals surface area contributed by atoms with Gasteiger partial charge in [0, 0.05) is 0 Å². The molecule has 0 bridgehead atoms. The van der Waals surface area contributed by atoms with Crippen molar-refractivity contribution in [1.29, 1.82) is 0 Å². The Labute approximate surface area is 127 Å². The molecule has 0 rings (SSSR count). The topological polar surface area (TPSA) is 220 Å². The summed E-state index contributed by atoms with van der Waals surface area (Å²) in [4.78, 5) is 0. The minimum Gasteiger partial charge on any atom is -1.00 e. The maximum atomic E-state index is 0. The van der Waals surface area contributed by atoms with Crippen molar-refractivity contribution in [3.05, 3.63) is 0 Å². The van der Waals surface area contributed by atoms with E-state index >= 15 is 0 Å². The normalized spacial score (nSPS) is 0. The zero-order chi connectivity index (χ0) is 0. The third-order valence-corrected chi connectivity index (χ3v) is 0. The molecule has 0 saturated carbocycles. The summed E-state index contributed by atoms with van der Waals surface area (Å²) < 4.78 is 0. The van der Waals surface area contributed by atoms with Crippen LogP contribution >= 0.6 is 0 Å². The summed E-state index contributed by atoms with van der Waals surface area (Å²) in [5, 5.41) is 0. The first kappa shape index (κ1) is 510. The van der Waals surface area contributed by atoms with E-state index in [9.17, 15) is 0 Å². The quantitative estimate of drug-likeness (QED) is 0.303. The van der Waals surface area contributed by atoms with Gasteiger partial charge >= 0.3 is 39.9 Å². The second-order valence-corrected chi connectivity index (χ2v) is 0. The van der Waals surface area contributed by atoms with Crippen molar-refractivity contribution in [2.45, 2.75) is 0 Å². The first-order valence-electron chi connectivity index (χ1n) is 0. The minimum absolute atomic E-state index is 0. The Morgan fingerprint density at radius 2 is 0.250 bits per heavy atom. The van der Waals surface area contributed by atoms with Gasteiger partial charge < -0.3 is 88.0 Å². The van der Waals surface area contributed by atoms with E-state index in [0.29, 0.717) is 0 Å². The van der Waals surface area contributed by atoms with Crippen molar-refractivity contribution in [1.82, 2.24) is 0 Å². The first-order valence-corrected chi connectivity index (χ1v) is 0. The predicted octanol–water partition coefficient (Wildman–Crippen LogP) is -17.8. The van der Waals surface area contributed by atoms with E-state index in [2.05, 4.69) is 0 Å². The molecule has 14 N–H and O–H groups in total. The molecule has 0 aromatic carbocycles. The van der Waals surface area contributed by atoms with Gasteiger partial charge in [-0.15, -0.1) is 0 Å². The number of hydrogen-bond donors (Lipinski definition) is 0. The van der Waals surface area contributed by atoms with Crippen LogP contribution in [0.3, 0.4) is 0 Å². The molecule has 0 unspecified atom stereocenters. The van der Waals surface area contributed by atoms with Gasteiger partial charge in [0.2, 0.25) is 0 Å². The first-order chi connectivity index (χ1) is 0. The number of halogens is 4. The third kappa shape index (κ3) is 315. The Kier molecular flexibility index (Phi) is 17200. The molecule has 0 spiro atoms. The molecule has 0 aromatic rings. The molecule has 0 aliphatic heterocycles. The number of rotatable bonds is 0. The Bertz CT molecular complexity index is 15.4. The van der Waals surface area contributed by atoms with E-state index in [4.69, 9.17) is 0 Å².